The molecule has 2 N–H and O–H groups in total. The summed E-state index contributed by atoms with van der Waals surface area (Å²) in [7, 11) is -2.84. The van der Waals surface area contributed by atoms with Gasteiger partial charge in [-0.1, -0.05) is 0 Å². The number of nitrogens with two attached hydrogens (primary N) is 1. The van der Waals surface area contributed by atoms with E-state index in [-0.39, 0.29) is 25.2 Å². The average Bonchev–Trinajstić information content (AvgIpc) is 2.78. The molecule has 1 aromatic carbocycles. The number of hydrogen-bond donors (Lipinski definition) is 1. The summed E-state index contributed by atoms with van der Waals surface area (Å²) in [5.74, 6) is -1.81. The first-order valence-corrected chi connectivity index (χ1v) is 12.4. The number of aromatic nitrogens is 2. The first-order valence-electron chi connectivity index (χ1n) is 10.9. The van der Waals surface area contributed by atoms with Crippen LogP contribution < -0.4 is 19.7 Å². The van der Waals surface area contributed by atoms with Gasteiger partial charge >= 0.3 is 6.09 Å². The second-order valence-corrected chi connectivity index (χ2v) is 10.7. The maximum absolute atomic E-state index is 14.9. The third-order valence-corrected chi connectivity index (χ3v) is 6.36. The standard InChI is InChI=1S/C23H25F2N5O5S/c1-23(2,3)35-22(31)30-8-7-29(12-15-16(24)9-13(10-17(15)25)36(26,32)33)20-14-5-6-19(34-4)28-21(14)27-11-18(20)30/h5-6,9-11H,7-8,12H2,1-4H3,(H2,26,32,33). The number of halogens is 2. The van der Waals surface area contributed by atoms with E-state index in [0.29, 0.717) is 40.4 Å². The molecule has 0 saturated heterocycles. The van der Waals surface area contributed by atoms with Crippen molar-refractivity contribution in [2.45, 2.75) is 37.8 Å². The Bertz CT molecular complexity index is 1440. The van der Waals surface area contributed by atoms with Crippen molar-refractivity contribution in [1.29, 1.82) is 0 Å². The molecule has 3 aromatic rings. The van der Waals surface area contributed by atoms with Gasteiger partial charge in [0.1, 0.15) is 17.2 Å². The molecule has 2 aromatic heterocycles. The van der Waals surface area contributed by atoms with E-state index in [1.807, 2.05) is 0 Å². The summed E-state index contributed by atoms with van der Waals surface area (Å²) < 4.78 is 63.5. The lowest BCUT2D eigenvalue weighted by Crippen LogP contribution is -2.46. The molecule has 0 bridgehead atoms. The molecule has 1 aliphatic heterocycles. The highest BCUT2D eigenvalue weighted by Crippen LogP contribution is 2.40. The first kappa shape index (κ1) is 25.5. The van der Waals surface area contributed by atoms with Gasteiger partial charge in [-0.25, -0.2) is 32.1 Å². The molecule has 10 nitrogen and oxygen atoms in total. The van der Waals surface area contributed by atoms with E-state index in [9.17, 15) is 22.0 Å². The van der Waals surface area contributed by atoms with Crippen molar-refractivity contribution < 1.29 is 31.5 Å². The van der Waals surface area contributed by atoms with Crippen LogP contribution in [0, 0.1) is 11.6 Å². The minimum atomic E-state index is -4.29. The van der Waals surface area contributed by atoms with Crippen molar-refractivity contribution in [2.24, 2.45) is 5.14 Å². The fourth-order valence-corrected chi connectivity index (χ4v) is 4.42. The van der Waals surface area contributed by atoms with Crippen molar-refractivity contribution in [3.8, 4) is 5.88 Å². The Hall–Kier alpha value is -3.58. The van der Waals surface area contributed by atoms with Gasteiger partial charge in [0, 0.05) is 36.7 Å². The van der Waals surface area contributed by atoms with Crippen molar-refractivity contribution >= 4 is 38.5 Å². The molecule has 3 heterocycles. The topological polar surface area (TPSA) is 128 Å². The maximum atomic E-state index is 14.9. The maximum Gasteiger partial charge on any atom is 0.414 e. The van der Waals surface area contributed by atoms with E-state index in [4.69, 9.17) is 14.6 Å². The Labute approximate surface area is 206 Å². The van der Waals surface area contributed by atoms with Crippen LogP contribution in [0.25, 0.3) is 11.0 Å². The lowest BCUT2D eigenvalue weighted by atomic mass is 10.1. The number of rotatable bonds is 4. The first-order chi connectivity index (χ1) is 16.8. The minimum absolute atomic E-state index is 0.150. The second-order valence-electron chi connectivity index (χ2n) is 9.18. The lowest BCUT2D eigenvalue weighted by molar-refractivity contribution is 0.0580. The van der Waals surface area contributed by atoms with Gasteiger partial charge in [0.05, 0.1) is 29.6 Å². The lowest BCUT2D eigenvalue weighted by Gasteiger charge is -2.38. The number of pyridine rings is 2. The Balaban J connectivity index is 1.83. The summed E-state index contributed by atoms with van der Waals surface area (Å²) >= 11 is 0. The number of benzene rings is 1. The predicted molar refractivity (Wildman–Crippen MR) is 128 cm³/mol. The van der Waals surface area contributed by atoms with Gasteiger partial charge in [0.2, 0.25) is 15.9 Å². The molecular weight excluding hydrogens is 496 g/mol. The Kier molecular flexibility index (Phi) is 6.47. The number of carbonyl (C=O) groups is 1. The number of methoxy groups -OCH3 is 1. The molecule has 4 rings (SSSR count). The van der Waals surface area contributed by atoms with Crippen LogP contribution >= 0.6 is 0 Å². The summed E-state index contributed by atoms with van der Waals surface area (Å²) in [6.07, 6.45) is 0.845. The number of fused-ring (bicyclic) bond motifs is 3. The van der Waals surface area contributed by atoms with Crippen LogP contribution in [0.3, 0.4) is 0 Å². The number of anilines is 2. The van der Waals surface area contributed by atoms with Crippen LogP contribution in [0.2, 0.25) is 0 Å². The summed E-state index contributed by atoms with van der Waals surface area (Å²) in [5, 5.41) is 5.54. The van der Waals surface area contributed by atoms with Gasteiger partial charge in [-0.15, -0.1) is 0 Å². The molecule has 0 saturated carbocycles. The van der Waals surface area contributed by atoms with Gasteiger partial charge in [0.15, 0.2) is 5.65 Å². The molecular formula is C23H25F2N5O5S. The number of carbonyl (C=O) groups excluding carboxylic acids is 1. The molecule has 0 atom stereocenters. The molecule has 0 aliphatic carbocycles. The van der Waals surface area contributed by atoms with Crippen LogP contribution in [0.1, 0.15) is 26.3 Å². The number of ether oxygens (including phenoxy) is 2. The highest BCUT2D eigenvalue weighted by molar-refractivity contribution is 7.89. The SMILES string of the molecule is COc1ccc2c3c(cnc2n1)N(C(=O)OC(C)(C)C)CCN3Cc1c(F)cc(S(N)(=O)=O)cc1F. The monoisotopic (exact) mass is 521 g/mol. The highest BCUT2D eigenvalue weighted by atomic mass is 32.2. The van der Waals surface area contributed by atoms with E-state index in [2.05, 4.69) is 9.97 Å². The number of sulfonamides is 1. The number of hydrogen-bond acceptors (Lipinski definition) is 8. The molecule has 13 heteroatoms. The fourth-order valence-electron chi connectivity index (χ4n) is 3.88. The predicted octanol–water partition coefficient (Wildman–Crippen LogP) is 3.33. The van der Waals surface area contributed by atoms with Gasteiger partial charge in [-0.2, -0.15) is 4.98 Å². The average molecular weight is 522 g/mol. The van der Waals surface area contributed by atoms with Crippen molar-refractivity contribution in [3.05, 3.63) is 47.7 Å². The van der Waals surface area contributed by atoms with Crippen LogP contribution in [-0.4, -0.2) is 50.3 Å². The quantitative estimate of drug-likeness (QED) is 0.554. The summed E-state index contributed by atoms with van der Waals surface area (Å²) in [6, 6.07) is 4.66. The number of primary sulfonamides is 1. The minimum Gasteiger partial charge on any atom is -0.481 e. The number of amides is 1. The zero-order chi connectivity index (χ0) is 26.4. The van der Waals surface area contributed by atoms with Gasteiger partial charge in [-0.05, 0) is 39.0 Å². The number of nitrogens with zero attached hydrogens (tertiary/aromatic N) is 4. The van der Waals surface area contributed by atoms with Crippen molar-refractivity contribution in [2.75, 3.05) is 30.0 Å². The molecule has 0 spiro atoms. The van der Waals surface area contributed by atoms with Crippen molar-refractivity contribution in [1.82, 2.24) is 9.97 Å². The smallest absolute Gasteiger partial charge is 0.414 e. The molecule has 36 heavy (non-hydrogen) atoms. The molecule has 0 unspecified atom stereocenters. The third-order valence-electron chi connectivity index (χ3n) is 5.47. The fraction of sp³-hybridized carbons (Fsp3) is 0.348. The summed E-state index contributed by atoms with van der Waals surface area (Å²) in [6.45, 7) is 5.31. The Morgan fingerprint density at radius 2 is 1.83 bits per heavy atom. The van der Waals surface area contributed by atoms with E-state index in [1.165, 1.54) is 18.2 Å². The Morgan fingerprint density at radius 1 is 1.17 bits per heavy atom. The van der Waals surface area contributed by atoms with Gasteiger partial charge < -0.3 is 14.4 Å². The normalized spacial score (nSPS) is 14.1. The Morgan fingerprint density at radius 3 is 2.42 bits per heavy atom. The van der Waals surface area contributed by atoms with Crippen molar-refractivity contribution in [3.63, 3.8) is 0 Å². The molecule has 0 fully saturated rings. The zero-order valence-corrected chi connectivity index (χ0v) is 20.9. The summed E-state index contributed by atoms with van der Waals surface area (Å²) in [4.78, 5) is 24.0. The van der Waals surface area contributed by atoms with E-state index >= 15 is 0 Å². The van der Waals surface area contributed by atoms with Crippen LogP contribution in [0.4, 0.5) is 25.0 Å². The third kappa shape index (κ3) is 5.02. The largest absolute Gasteiger partial charge is 0.481 e. The molecule has 1 aliphatic rings. The van der Waals surface area contributed by atoms with Crippen LogP contribution in [0.15, 0.2) is 35.4 Å². The van der Waals surface area contributed by atoms with E-state index in [1.54, 1.807) is 37.8 Å². The van der Waals surface area contributed by atoms with Crippen LogP contribution in [-0.2, 0) is 21.3 Å². The van der Waals surface area contributed by atoms with E-state index in [0.717, 1.165) is 0 Å². The highest BCUT2D eigenvalue weighted by Gasteiger charge is 2.33. The molecule has 192 valence electrons. The molecule has 1 amide bonds. The van der Waals surface area contributed by atoms with Gasteiger partial charge in [0.25, 0.3) is 0 Å². The van der Waals surface area contributed by atoms with Gasteiger partial charge in [-0.3, -0.25) is 4.90 Å². The summed E-state index contributed by atoms with van der Waals surface area (Å²) in [5.41, 5.74) is 0.0314. The second kappa shape index (κ2) is 9.13. The van der Waals surface area contributed by atoms with E-state index < -0.39 is 38.2 Å². The molecule has 0 radical (unpaired) electrons. The van der Waals surface area contributed by atoms with Crippen LogP contribution in [0.5, 0.6) is 5.88 Å². The zero-order valence-electron chi connectivity index (χ0n) is 20.1.